The average Bonchev–Trinajstić information content (AvgIpc) is 2.55. The Morgan fingerprint density at radius 2 is 2.05 bits per heavy atom. The summed E-state index contributed by atoms with van der Waals surface area (Å²) in [6.45, 7) is 2.21. The lowest BCUT2D eigenvalue weighted by Crippen LogP contribution is -2.15. The number of fused-ring (bicyclic) bond motifs is 1. The van der Waals surface area contributed by atoms with Gasteiger partial charge in [0.25, 0.3) is 0 Å². The molecular formula is C17H18N2O2. The van der Waals surface area contributed by atoms with Crippen LogP contribution in [-0.2, 0) is 17.6 Å². The van der Waals surface area contributed by atoms with E-state index >= 15 is 0 Å². The van der Waals surface area contributed by atoms with E-state index in [2.05, 4.69) is 9.97 Å². The van der Waals surface area contributed by atoms with Crippen LogP contribution in [0, 0.1) is 0 Å². The van der Waals surface area contributed by atoms with Crippen LogP contribution in [0.3, 0.4) is 0 Å². The minimum Gasteiger partial charge on any atom is -0.462 e. The van der Waals surface area contributed by atoms with E-state index in [0.717, 1.165) is 42.5 Å². The van der Waals surface area contributed by atoms with Crippen molar-refractivity contribution in [3.05, 3.63) is 47.4 Å². The molecule has 0 fully saturated rings. The summed E-state index contributed by atoms with van der Waals surface area (Å²) in [7, 11) is 0. The molecule has 0 aromatic carbocycles. The van der Waals surface area contributed by atoms with Crippen molar-refractivity contribution in [2.75, 3.05) is 6.61 Å². The highest BCUT2D eigenvalue weighted by Gasteiger charge is 2.22. The fourth-order valence-electron chi connectivity index (χ4n) is 2.89. The molecule has 2 heterocycles. The molecule has 0 aliphatic heterocycles. The smallest absolute Gasteiger partial charge is 0.339 e. The summed E-state index contributed by atoms with van der Waals surface area (Å²) in [5.74, 6) is -0.263. The fraction of sp³-hybridized carbons (Fsp3) is 0.353. The Morgan fingerprint density at radius 1 is 1.24 bits per heavy atom. The molecule has 4 nitrogen and oxygen atoms in total. The van der Waals surface area contributed by atoms with Crippen molar-refractivity contribution in [1.82, 2.24) is 9.97 Å². The van der Waals surface area contributed by atoms with E-state index in [1.165, 1.54) is 5.56 Å². The van der Waals surface area contributed by atoms with Crippen LogP contribution >= 0.6 is 0 Å². The highest BCUT2D eigenvalue weighted by molar-refractivity contribution is 5.92. The predicted octanol–water partition coefficient (Wildman–Crippen LogP) is 3.20. The molecule has 0 atom stereocenters. The van der Waals surface area contributed by atoms with Crippen molar-refractivity contribution in [2.45, 2.75) is 32.6 Å². The number of ether oxygens (including phenoxy) is 1. The summed E-state index contributed by atoms with van der Waals surface area (Å²) in [5.41, 5.74) is 4.87. The summed E-state index contributed by atoms with van der Waals surface area (Å²) in [4.78, 5) is 20.8. The molecule has 2 aromatic rings. The fourth-order valence-corrected chi connectivity index (χ4v) is 2.89. The second-order valence-electron chi connectivity index (χ2n) is 5.15. The molecule has 0 saturated heterocycles. The van der Waals surface area contributed by atoms with Crippen molar-refractivity contribution in [3.8, 4) is 11.3 Å². The minimum atomic E-state index is -0.263. The maximum atomic E-state index is 12.1. The number of aromatic nitrogens is 2. The van der Waals surface area contributed by atoms with Gasteiger partial charge in [-0.3, -0.25) is 9.97 Å². The molecule has 0 saturated carbocycles. The Hall–Kier alpha value is -2.23. The zero-order valence-corrected chi connectivity index (χ0v) is 12.1. The number of esters is 1. The Bertz CT molecular complexity index is 653. The zero-order chi connectivity index (χ0) is 14.7. The van der Waals surface area contributed by atoms with Crippen LogP contribution in [0.4, 0.5) is 0 Å². The molecule has 3 rings (SSSR count). The monoisotopic (exact) mass is 282 g/mol. The lowest BCUT2D eigenvalue weighted by atomic mass is 9.86. The maximum absolute atomic E-state index is 12.1. The third kappa shape index (κ3) is 2.66. The Kier molecular flexibility index (Phi) is 3.95. The largest absolute Gasteiger partial charge is 0.462 e. The summed E-state index contributed by atoms with van der Waals surface area (Å²) in [5, 5.41) is 0. The molecule has 0 spiro atoms. The summed E-state index contributed by atoms with van der Waals surface area (Å²) in [6, 6.07) is 3.92. The van der Waals surface area contributed by atoms with Crippen LogP contribution in [0.2, 0.25) is 0 Å². The third-order valence-electron chi connectivity index (χ3n) is 3.83. The third-order valence-corrected chi connectivity index (χ3v) is 3.83. The van der Waals surface area contributed by atoms with Gasteiger partial charge in [-0.2, -0.15) is 0 Å². The summed E-state index contributed by atoms with van der Waals surface area (Å²) in [6.07, 6.45) is 9.35. The van der Waals surface area contributed by atoms with E-state index < -0.39 is 0 Å². The topological polar surface area (TPSA) is 52.1 Å². The number of rotatable bonds is 3. The lowest BCUT2D eigenvalue weighted by Gasteiger charge is -2.21. The van der Waals surface area contributed by atoms with Crippen LogP contribution in [0.5, 0.6) is 0 Å². The van der Waals surface area contributed by atoms with E-state index in [0.29, 0.717) is 12.2 Å². The van der Waals surface area contributed by atoms with Gasteiger partial charge in [0.2, 0.25) is 0 Å². The lowest BCUT2D eigenvalue weighted by molar-refractivity contribution is 0.0524. The number of nitrogens with zero attached hydrogens (tertiary/aromatic N) is 2. The normalized spacial score (nSPS) is 13.6. The SMILES string of the molecule is CCOC(=O)c1cnc(-c2cccnc2)c2c1CCCC2. The van der Waals surface area contributed by atoms with Gasteiger partial charge in [-0.1, -0.05) is 0 Å². The minimum absolute atomic E-state index is 0.263. The standard InChI is InChI=1S/C17H18N2O2/c1-2-21-17(20)15-11-19-16(12-6-5-9-18-10-12)14-8-4-3-7-13(14)15/h5-6,9-11H,2-4,7-8H2,1H3. The van der Waals surface area contributed by atoms with Gasteiger partial charge in [0, 0.05) is 24.2 Å². The van der Waals surface area contributed by atoms with E-state index in [4.69, 9.17) is 4.74 Å². The second kappa shape index (κ2) is 6.04. The van der Waals surface area contributed by atoms with E-state index in [1.807, 2.05) is 25.3 Å². The highest BCUT2D eigenvalue weighted by atomic mass is 16.5. The van der Waals surface area contributed by atoms with Gasteiger partial charge < -0.3 is 4.74 Å². The molecule has 4 heteroatoms. The first kappa shape index (κ1) is 13.7. The van der Waals surface area contributed by atoms with E-state index in [-0.39, 0.29) is 5.97 Å². The molecule has 0 radical (unpaired) electrons. The van der Waals surface area contributed by atoms with Crippen LogP contribution in [0.15, 0.2) is 30.7 Å². The Morgan fingerprint density at radius 3 is 2.76 bits per heavy atom. The van der Waals surface area contributed by atoms with E-state index in [1.54, 1.807) is 12.4 Å². The van der Waals surface area contributed by atoms with Gasteiger partial charge in [0.15, 0.2) is 0 Å². The second-order valence-corrected chi connectivity index (χ2v) is 5.15. The summed E-state index contributed by atoms with van der Waals surface area (Å²) >= 11 is 0. The van der Waals surface area contributed by atoms with Gasteiger partial charge in [-0.15, -0.1) is 0 Å². The predicted molar refractivity (Wildman–Crippen MR) is 80.1 cm³/mol. The highest BCUT2D eigenvalue weighted by Crippen LogP contribution is 2.31. The van der Waals surface area contributed by atoms with Crippen molar-refractivity contribution >= 4 is 5.97 Å². The number of pyridine rings is 2. The van der Waals surface area contributed by atoms with Gasteiger partial charge in [0.1, 0.15) is 0 Å². The molecule has 108 valence electrons. The first-order valence-electron chi connectivity index (χ1n) is 7.39. The number of carbonyl (C=O) groups is 1. The molecule has 0 unspecified atom stereocenters. The van der Waals surface area contributed by atoms with Crippen molar-refractivity contribution in [2.24, 2.45) is 0 Å². The Balaban J connectivity index is 2.11. The van der Waals surface area contributed by atoms with Crippen LogP contribution in [0.25, 0.3) is 11.3 Å². The molecule has 1 aliphatic rings. The van der Waals surface area contributed by atoms with Crippen molar-refractivity contribution in [1.29, 1.82) is 0 Å². The Labute approximate surface area is 124 Å². The molecule has 1 aliphatic carbocycles. The van der Waals surface area contributed by atoms with E-state index in [9.17, 15) is 4.79 Å². The average molecular weight is 282 g/mol. The molecule has 0 amide bonds. The first-order chi connectivity index (χ1) is 10.3. The number of hydrogen-bond acceptors (Lipinski definition) is 4. The quantitative estimate of drug-likeness (QED) is 0.811. The molecule has 0 N–H and O–H groups in total. The molecular weight excluding hydrogens is 264 g/mol. The van der Waals surface area contributed by atoms with Crippen molar-refractivity contribution in [3.63, 3.8) is 0 Å². The van der Waals surface area contributed by atoms with Crippen molar-refractivity contribution < 1.29 is 9.53 Å². The van der Waals surface area contributed by atoms with Gasteiger partial charge in [-0.25, -0.2) is 4.79 Å². The van der Waals surface area contributed by atoms with Crippen LogP contribution in [-0.4, -0.2) is 22.5 Å². The molecule has 2 aromatic heterocycles. The maximum Gasteiger partial charge on any atom is 0.339 e. The van der Waals surface area contributed by atoms with Gasteiger partial charge in [0.05, 0.1) is 17.9 Å². The summed E-state index contributed by atoms with van der Waals surface area (Å²) < 4.78 is 5.15. The van der Waals surface area contributed by atoms with Gasteiger partial charge in [-0.05, 0) is 55.9 Å². The van der Waals surface area contributed by atoms with Crippen LogP contribution < -0.4 is 0 Å². The molecule has 0 bridgehead atoms. The number of carbonyl (C=O) groups excluding carboxylic acids is 1. The first-order valence-corrected chi connectivity index (χ1v) is 7.39. The zero-order valence-electron chi connectivity index (χ0n) is 12.1. The number of hydrogen-bond donors (Lipinski definition) is 0. The molecule has 21 heavy (non-hydrogen) atoms. The van der Waals surface area contributed by atoms with Gasteiger partial charge >= 0.3 is 5.97 Å². The van der Waals surface area contributed by atoms with Crippen LogP contribution in [0.1, 0.15) is 41.3 Å².